The molecule has 128 valence electrons. The molecule has 0 aliphatic heterocycles. The summed E-state index contributed by atoms with van der Waals surface area (Å²) in [6.07, 6.45) is 1.43. The van der Waals surface area contributed by atoms with Crippen molar-refractivity contribution < 1.29 is 35.5 Å². The van der Waals surface area contributed by atoms with Gasteiger partial charge in [-0.1, -0.05) is 17.7 Å². The summed E-state index contributed by atoms with van der Waals surface area (Å²) < 4.78 is 56.4. The molecule has 0 heterocycles. The highest BCUT2D eigenvalue weighted by atomic mass is 32.2. The zero-order valence-electron chi connectivity index (χ0n) is 12.9. The van der Waals surface area contributed by atoms with E-state index in [2.05, 4.69) is 4.74 Å². The van der Waals surface area contributed by atoms with Crippen molar-refractivity contribution in [2.24, 2.45) is 0 Å². The van der Waals surface area contributed by atoms with E-state index in [1.165, 1.54) is 7.11 Å². The van der Waals surface area contributed by atoms with Gasteiger partial charge in [0.15, 0.2) is 0 Å². The molecule has 1 aromatic carbocycles. The Morgan fingerprint density at radius 3 is 1.64 bits per heavy atom. The summed E-state index contributed by atoms with van der Waals surface area (Å²) in [6.45, 7) is 3.90. The van der Waals surface area contributed by atoms with Crippen LogP contribution in [0.2, 0.25) is 0 Å². The van der Waals surface area contributed by atoms with Gasteiger partial charge in [0.05, 0.1) is 25.2 Å². The van der Waals surface area contributed by atoms with E-state index in [9.17, 15) is 21.6 Å². The van der Waals surface area contributed by atoms with Crippen LogP contribution in [0.15, 0.2) is 18.2 Å². The number of methoxy groups -OCH3 is 1. The fraction of sp³-hybridized carbons (Fsp3) is 0.417. The van der Waals surface area contributed by atoms with Gasteiger partial charge in [-0.05, 0) is 25.5 Å². The molecule has 0 atom stereocenters. The lowest BCUT2D eigenvalue weighted by molar-refractivity contribution is 0.0600. The van der Waals surface area contributed by atoms with Crippen molar-refractivity contribution in [3.05, 3.63) is 34.9 Å². The first-order valence-corrected chi connectivity index (χ1v) is 9.35. The molecule has 0 unspecified atom stereocenters. The van der Waals surface area contributed by atoms with Crippen LogP contribution in [0.3, 0.4) is 0 Å². The molecule has 1 aromatic rings. The molecule has 22 heavy (non-hydrogen) atoms. The maximum atomic E-state index is 11.1. The van der Waals surface area contributed by atoms with Crippen molar-refractivity contribution in [3.63, 3.8) is 0 Å². The Balaban J connectivity index is 0. The largest absolute Gasteiger partial charge is 0.465 e. The Labute approximate surface area is 130 Å². The second-order valence-corrected chi connectivity index (χ2v) is 7.21. The lowest BCUT2D eigenvalue weighted by atomic mass is 10.1. The normalized spacial score (nSPS) is 10.5. The summed E-state index contributed by atoms with van der Waals surface area (Å²) >= 11 is 0. The summed E-state index contributed by atoms with van der Waals surface area (Å²) in [5.41, 5.74) is 2.75. The summed E-state index contributed by atoms with van der Waals surface area (Å²) in [5, 5.41) is 0. The van der Waals surface area contributed by atoms with Crippen molar-refractivity contribution in [3.8, 4) is 0 Å². The molecule has 0 aliphatic rings. The average Bonchev–Trinajstić information content (AvgIpc) is 2.23. The Morgan fingerprint density at radius 1 is 1.00 bits per heavy atom. The summed E-state index contributed by atoms with van der Waals surface area (Å²) in [6, 6.07) is 5.65. The average molecular weight is 356 g/mol. The van der Waals surface area contributed by atoms with Gasteiger partial charge in [-0.15, -0.1) is 0 Å². The van der Waals surface area contributed by atoms with Crippen molar-refractivity contribution in [1.82, 2.24) is 0 Å². The summed E-state index contributed by atoms with van der Waals surface area (Å²) in [4.78, 5) is 11.1. The molecule has 1 rings (SSSR count). The van der Waals surface area contributed by atoms with Crippen molar-refractivity contribution in [2.45, 2.75) is 13.8 Å². The third-order valence-electron chi connectivity index (χ3n) is 1.79. The zero-order chi connectivity index (χ0) is 18.1. The molecule has 0 fully saturated rings. The van der Waals surface area contributed by atoms with Crippen LogP contribution in [0.5, 0.6) is 0 Å². The number of carbonyl (C=O) groups excluding carboxylic acids is 1. The van der Waals surface area contributed by atoms with E-state index < -0.39 is 20.2 Å². The number of benzene rings is 1. The molecular weight excluding hydrogens is 336 g/mol. The first-order valence-electron chi connectivity index (χ1n) is 5.65. The summed E-state index contributed by atoms with van der Waals surface area (Å²) in [7, 11) is -5.94. The fourth-order valence-electron chi connectivity index (χ4n) is 1.15. The number of aryl methyl sites for hydroxylation is 2. The van der Waals surface area contributed by atoms with Gasteiger partial charge in [-0.2, -0.15) is 16.8 Å². The third kappa shape index (κ3) is 18.5. The molecule has 0 saturated heterocycles. The number of ether oxygens (including phenoxy) is 1. The predicted octanol–water partition coefficient (Wildman–Crippen LogP) is 1.10. The van der Waals surface area contributed by atoms with E-state index in [4.69, 9.17) is 9.11 Å². The maximum Gasteiger partial charge on any atom is 0.338 e. The van der Waals surface area contributed by atoms with E-state index >= 15 is 0 Å². The fourth-order valence-corrected chi connectivity index (χ4v) is 1.15. The van der Waals surface area contributed by atoms with Crippen LogP contribution in [0, 0.1) is 13.8 Å². The molecular formula is C12H20O8S2. The second kappa shape index (κ2) is 9.51. The van der Waals surface area contributed by atoms with Crippen molar-refractivity contribution in [2.75, 3.05) is 19.6 Å². The van der Waals surface area contributed by atoms with Crippen molar-refractivity contribution in [1.29, 1.82) is 0 Å². The number of carbonyl (C=O) groups is 1. The number of rotatable bonds is 1. The van der Waals surface area contributed by atoms with Crippen LogP contribution in [-0.4, -0.2) is 51.5 Å². The van der Waals surface area contributed by atoms with E-state index in [-0.39, 0.29) is 5.97 Å². The molecule has 2 N–H and O–H groups in total. The van der Waals surface area contributed by atoms with Gasteiger partial charge >= 0.3 is 5.97 Å². The standard InChI is InChI=1S/C10H12O2.2CH4O3S/c1-7-4-5-9(8(2)6-7)10(11)12-3;2*1-5(2,3)4/h4-6H,1-3H3;2*1H3,(H,2,3,4). The van der Waals surface area contributed by atoms with Crippen LogP contribution in [0.1, 0.15) is 21.5 Å². The third-order valence-corrected chi connectivity index (χ3v) is 1.79. The van der Waals surface area contributed by atoms with Crippen LogP contribution >= 0.6 is 0 Å². The highest BCUT2D eigenvalue weighted by molar-refractivity contribution is 7.85. The van der Waals surface area contributed by atoms with Gasteiger partial charge in [0.1, 0.15) is 0 Å². The first kappa shape index (κ1) is 22.8. The maximum absolute atomic E-state index is 11.1. The molecule has 0 aromatic heterocycles. The Morgan fingerprint density at radius 2 is 1.36 bits per heavy atom. The predicted molar refractivity (Wildman–Crippen MR) is 82.2 cm³/mol. The zero-order valence-corrected chi connectivity index (χ0v) is 14.5. The Hall–Kier alpha value is -1.49. The Kier molecular flexibility index (Phi) is 9.85. The SMILES string of the molecule is COC(=O)c1ccc(C)cc1C.CS(=O)(=O)O.CS(=O)(=O)O. The van der Waals surface area contributed by atoms with E-state index in [1.54, 1.807) is 6.07 Å². The molecule has 0 bridgehead atoms. The van der Waals surface area contributed by atoms with Gasteiger partial charge in [-0.3, -0.25) is 9.11 Å². The lowest BCUT2D eigenvalue weighted by Crippen LogP contribution is -2.03. The van der Waals surface area contributed by atoms with E-state index in [0.29, 0.717) is 18.1 Å². The quantitative estimate of drug-likeness (QED) is 0.564. The van der Waals surface area contributed by atoms with E-state index in [0.717, 1.165) is 11.1 Å². The minimum Gasteiger partial charge on any atom is -0.465 e. The molecule has 0 spiro atoms. The molecule has 8 nitrogen and oxygen atoms in total. The van der Waals surface area contributed by atoms with Crippen molar-refractivity contribution >= 4 is 26.2 Å². The topological polar surface area (TPSA) is 135 Å². The van der Waals surface area contributed by atoms with Crippen LogP contribution in [0.25, 0.3) is 0 Å². The highest BCUT2D eigenvalue weighted by Crippen LogP contribution is 2.10. The van der Waals surface area contributed by atoms with Crippen LogP contribution in [0.4, 0.5) is 0 Å². The van der Waals surface area contributed by atoms with Gasteiger partial charge < -0.3 is 4.74 Å². The molecule has 0 amide bonds. The molecule has 0 radical (unpaired) electrons. The molecule has 0 aliphatic carbocycles. The first-order chi connectivity index (χ1) is 9.65. The van der Waals surface area contributed by atoms with Crippen LogP contribution in [-0.2, 0) is 25.0 Å². The molecule has 10 heteroatoms. The minimum absolute atomic E-state index is 0.271. The van der Waals surface area contributed by atoms with Gasteiger partial charge in [-0.25, -0.2) is 4.79 Å². The molecule has 0 saturated carbocycles. The minimum atomic E-state index is -3.67. The number of hydrogen-bond acceptors (Lipinski definition) is 6. The van der Waals surface area contributed by atoms with Crippen LogP contribution < -0.4 is 0 Å². The van der Waals surface area contributed by atoms with Gasteiger partial charge in [0.2, 0.25) is 0 Å². The summed E-state index contributed by atoms with van der Waals surface area (Å²) in [5.74, 6) is -0.271. The number of hydrogen-bond donors (Lipinski definition) is 2. The Bertz CT molecular complexity index is 644. The van der Waals surface area contributed by atoms with E-state index in [1.807, 2.05) is 26.0 Å². The van der Waals surface area contributed by atoms with Gasteiger partial charge in [0.25, 0.3) is 20.2 Å². The lowest BCUT2D eigenvalue weighted by Gasteiger charge is -2.03. The highest BCUT2D eigenvalue weighted by Gasteiger charge is 2.07. The van der Waals surface area contributed by atoms with Gasteiger partial charge in [0, 0.05) is 0 Å². The smallest absolute Gasteiger partial charge is 0.338 e. The second-order valence-electron chi connectivity index (χ2n) is 4.28. The number of esters is 1. The monoisotopic (exact) mass is 356 g/mol.